The lowest BCUT2D eigenvalue weighted by atomic mass is 9.98. The fourth-order valence-electron chi connectivity index (χ4n) is 2.73. The number of ether oxygens (including phenoxy) is 1. The van der Waals surface area contributed by atoms with Gasteiger partial charge in [-0.2, -0.15) is 0 Å². The van der Waals surface area contributed by atoms with Crippen molar-refractivity contribution in [3.8, 4) is 5.75 Å². The second-order valence-electron chi connectivity index (χ2n) is 5.09. The molecule has 1 nitrogen and oxygen atoms in total. The molecule has 0 N–H and O–H groups in total. The zero-order valence-corrected chi connectivity index (χ0v) is 12.3. The average Bonchev–Trinajstić information content (AvgIpc) is 2.89. The molecule has 1 atom stereocenters. The SMILES string of the molecule is COc1ccc(C(Cl)CCC2CCCC2)cc1Cl. The van der Waals surface area contributed by atoms with Crippen LogP contribution in [0.3, 0.4) is 0 Å². The van der Waals surface area contributed by atoms with Crippen LogP contribution in [0.5, 0.6) is 5.75 Å². The van der Waals surface area contributed by atoms with Crippen LogP contribution in [0.15, 0.2) is 18.2 Å². The van der Waals surface area contributed by atoms with Crippen molar-refractivity contribution in [1.29, 1.82) is 0 Å². The maximum absolute atomic E-state index is 6.45. The topological polar surface area (TPSA) is 9.23 Å². The van der Waals surface area contributed by atoms with Crippen LogP contribution in [-0.2, 0) is 0 Å². The first-order valence-corrected chi connectivity index (χ1v) is 7.49. The Labute approximate surface area is 119 Å². The fraction of sp³-hybridized carbons (Fsp3) is 0.600. The third-order valence-corrected chi connectivity index (χ3v) is 4.61. The highest BCUT2D eigenvalue weighted by Crippen LogP contribution is 2.36. The zero-order valence-electron chi connectivity index (χ0n) is 10.8. The van der Waals surface area contributed by atoms with Crippen LogP contribution in [0.1, 0.15) is 49.5 Å². The standard InChI is InChI=1S/C15H20Cl2O/c1-18-15-9-7-12(10-14(15)17)13(16)8-6-11-4-2-3-5-11/h7,9-11,13H,2-6,8H2,1H3. The molecule has 0 bridgehead atoms. The summed E-state index contributed by atoms with van der Waals surface area (Å²) in [4.78, 5) is 0. The van der Waals surface area contributed by atoms with Gasteiger partial charge in [0.25, 0.3) is 0 Å². The van der Waals surface area contributed by atoms with Crippen LogP contribution < -0.4 is 4.74 Å². The van der Waals surface area contributed by atoms with Crippen LogP contribution in [0.2, 0.25) is 5.02 Å². The summed E-state index contributed by atoms with van der Waals surface area (Å²) in [7, 11) is 1.62. The molecule has 0 amide bonds. The summed E-state index contributed by atoms with van der Waals surface area (Å²) in [6.45, 7) is 0. The zero-order chi connectivity index (χ0) is 13.0. The maximum atomic E-state index is 6.45. The summed E-state index contributed by atoms with van der Waals surface area (Å²) >= 11 is 12.6. The van der Waals surface area contributed by atoms with Gasteiger partial charge in [0.2, 0.25) is 0 Å². The van der Waals surface area contributed by atoms with Crippen LogP contribution >= 0.6 is 23.2 Å². The quantitative estimate of drug-likeness (QED) is 0.640. The van der Waals surface area contributed by atoms with Crippen LogP contribution in [0, 0.1) is 5.92 Å². The van der Waals surface area contributed by atoms with E-state index in [1.54, 1.807) is 7.11 Å². The maximum Gasteiger partial charge on any atom is 0.137 e. The second-order valence-corrected chi connectivity index (χ2v) is 6.02. The molecule has 2 rings (SSSR count). The highest BCUT2D eigenvalue weighted by atomic mass is 35.5. The molecular weight excluding hydrogens is 267 g/mol. The van der Waals surface area contributed by atoms with Gasteiger partial charge in [0.1, 0.15) is 5.75 Å². The molecule has 0 heterocycles. The molecular formula is C15H20Cl2O. The van der Waals surface area contributed by atoms with Gasteiger partial charge in [0.05, 0.1) is 17.5 Å². The van der Waals surface area contributed by atoms with E-state index in [1.165, 1.54) is 32.1 Å². The lowest BCUT2D eigenvalue weighted by Gasteiger charge is -2.14. The third kappa shape index (κ3) is 3.55. The first-order chi connectivity index (χ1) is 8.70. The van der Waals surface area contributed by atoms with Crippen molar-refractivity contribution in [3.63, 3.8) is 0 Å². The Bertz CT molecular complexity index is 386. The summed E-state index contributed by atoms with van der Waals surface area (Å²) in [5.41, 5.74) is 1.10. The average molecular weight is 287 g/mol. The molecule has 1 aromatic rings. The number of methoxy groups -OCH3 is 1. The predicted octanol–water partition coefficient (Wildman–Crippen LogP) is 5.60. The normalized spacial score (nSPS) is 17.9. The Hall–Kier alpha value is -0.400. The van der Waals surface area contributed by atoms with E-state index in [4.69, 9.17) is 27.9 Å². The molecule has 3 heteroatoms. The smallest absolute Gasteiger partial charge is 0.137 e. The van der Waals surface area contributed by atoms with Crippen LogP contribution in [-0.4, -0.2) is 7.11 Å². The summed E-state index contributed by atoms with van der Waals surface area (Å²) in [5, 5.41) is 0.704. The molecule has 1 saturated carbocycles. The molecule has 0 saturated heterocycles. The highest BCUT2D eigenvalue weighted by molar-refractivity contribution is 6.32. The molecule has 0 aliphatic heterocycles. The van der Waals surface area contributed by atoms with Crippen molar-refractivity contribution < 1.29 is 4.74 Å². The second kappa shape index (κ2) is 6.68. The van der Waals surface area contributed by atoms with Gasteiger partial charge in [0, 0.05) is 0 Å². The minimum Gasteiger partial charge on any atom is -0.495 e. The molecule has 0 radical (unpaired) electrons. The predicted molar refractivity (Wildman–Crippen MR) is 77.8 cm³/mol. The van der Waals surface area contributed by atoms with Crippen molar-refractivity contribution in [2.45, 2.75) is 43.9 Å². The molecule has 1 fully saturated rings. The Kier molecular flexibility index (Phi) is 5.20. The van der Waals surface area contributed by atoms with Gasteiger partial charge in [-0.3, -0.25) is 0 Å². The largest absolute Gasteiger partial charge is 0.495 e. The van der Waals surface area contributed by atoms with E-state index in [9.17, 15) is 0 Å². The van der Waals surface area contributed by atoms with E-state index in [1.807, 2.05) is 18.2 Å². The monoisotopic (exact) mass is 286 g/mol. The number of rotatable bonds is 5. The van der Waals surface area contributed by atoms with Crippen molar-refractivity contribution in [2.75, 3.05) is 7.11 Å². The first-order valence-electron chi connectivity index (χ1n) is 6.68. The molecule has 18 heavy (non-hydrogen) atoms. The van der Waals surface area contributed by atoms with Gasteiger partial charge >= 0.3 is 0 Å². The van der Waals surface area contributed by atoms with Gasteiger partial charge in [-0.15, -0.1) is 11.6 Å². The van der Waals surface area contributed by atoms with Gasteiger partial charge in [-0.05, 0) is 36.5 Å². The lowest BCUT2D eigenvalue weighted by Crippen LogP contribution is -1.98. The Morgan fingerprint density at radius 3 is 2.67 bits per heavy atom. The molecule has 1 aliphatic carbocycles. The summed E-state index contributed by atoms with van der Waals surface area (Å²) in [5.74, 6) is 1.60. The van der Waals surface area contributed by atoms with Gasteiger partial charge in [0.15, 0.2) is 0 Å². The summed E-state index contributed by atoms with van der Waals surface area (Å²) in [6.07, 6.45) is 7.82. The van der Waals surface area contributed by atoms with Gasteiger partial charge < -0.3 is 4.74 Å². The van der Waals surface area contributed by atoms with E-state index in [2.05, 4.69) is 0 Å². The van der Waals surface area contributed by atoms with E-state index < -0.39 is 0 Å². The number of halogens is 2. The minimum absolute atomic E-state index is 0.0639. The van der Waals surface area contributed by atoms with E-state index in [-0.39, 0.29) is 5.38 Å². The molecule has 0 aromatic heterocycles. The number of hydrogen-bond donors (Lipinski definition) is 0. The number of alkyl halides is 1. The third-order valence-electron chi connectivity index (χ3n) is 3.84. The molecule has 0 spiro atoms. The molecule has 100 valence electrons. The Morgan fingerprint density at radius 2 is 2.06 bits per heavy atom. The highest BCUT2D eigenvalue weighted by Gasteiger charge is 2.17. The minimum atomic E-state index is 0.0639. The fourth-order valence-corrected chi connectivity index (χ4v) is 3.25. The van der Waals surface area contributed by atoms with Crippen molar-refractivity contribution in [1.82, 2.24) is 0 Å². The lowest BCUT2D eigenvalue weighted by molar-refractivity contribution is 0.414. The van der Waals surface area contributed by atoms with Crippen molar-refractivity contribution in [3.05, 3.63) is 28.8 Å². The first kappa shape index (κ1) is 14.0. The Morgan fingerprint density at radius 1 is 1.33 bits per heavy atom. The molecule has 1 aliphatic rings. The van der Waals surface area contributed by atoms with Crippen molar-refractivity contribution in [2.24, 2.45) is 5.92 Å². The molecule has 1 aromatic carbocycles. The Balaban J connectivity index is 1.91. The van der Waals surface area contributed by atoms with Crippen molar-refractivity contribution >= 4 is 23.2 Å². The van der Waals surface area contributed by atoms with E-state index >= 15 is 0 Å². The number of benzene rings is 1. The van der Waals surface area contributed by atoms with E-state index in [0.29, 0.717) is 10.8 Å². The van der Waals surface area contributed by atoms with Crippen LogP contribution in [0.4, 0.5) is 0 Å². The van der Waals surface area contributed by atoms with E-state index in [0.717, 1.165) is 17.9 Å². The molecule has 1 unspecified atom stereocenters. The van der Waals surface area contributed by atoms with Gasteiger partial charge in [-0.1, -0.05) is 43.4 Å². The van der Waals surface area contributed by atoms with Gasteiger partial charge in [-0.25, -0.2) is 0 Å². The van der Waals surface area contributed by atoms with Crippen LogP contribution in [0.25, 0.3) is 0 Å². The summed E-state index contributed by atoms with van der Waals surface area (Å²) in [6, 6.07) is 5.83. The summed E-state index contributed by atoms with van der Waals surface area (Å²) < 4.78 is 5.15. The number of hydrogen-bond acceptors (Lipinski definition) is 1.